The molecule has 0 saturated carbocycles. The Morgan fingerprint density at radius 1 is 1.36 bits per heavy atom. The van der Waals surface area contributed by atoms with Gasteiger partial charge < -0.3 is 15.4 Å². The van der Waals surface area contributed by atoms with Gasteiger partial charge in [-0.1, -0.05) is 11.6 Å². The van der Waals surface area contributed by atoms with E-state index in [-0.39, 0.29) is 36.3 Å². The number of rotatable bonds is 9. The number of aromatic nitrogens is 2. The average Bonchev–Trinajstić information content (AvgIpc) is 3.03. The van der Waals surface area contributed by atoms with Crippen LogP contribution in [0.4, 0.5) is 8.78 Å². The molecule has 0 spiro atoms. The molecule has 28 heavy (non-hydrogen) atoms. The molecule has 1 aromatic heterocycles. The van der Waals surface area contributed by atoms with Crippen LogP contribution in [-0.4, -0.2) is 35.4 Å². The Morgan fingerprint density at radius 2 is 2.14 bits per heavy atom. The van der Waals surface area contributed by atoms with E-state index in [1.165, 1.54) is 12.1 Å². The van der Waals surface area contributed by atoms with Gasteiger partial charge in [-0.05, 0) is 44.0 Å². The second-order valence-electron chi connectivity index (χ2n) is 5.89. The molecule has 6 nitrogen and oxygen atoms in total. The Morgan fingerprint density at radius 3 is 2.79 bits per heavy atom. The van der Waals surface area contributed by atoms with Crippen LogP contribution in [0.15, 0.2) is 35.6 Å². The molecule has 0 aliphatic heterocycles. The number of aryl methyl sites for hydroxylation is 2. The second-order valence-corrected chi connectivity index (χ2v) is 6.32. The second kappa shape index (κ2) is 12.8. The fourth-order valence-electron chi connectivity index (χ4n) is 2.43. The summed E-state index contributed by atoms with van der Waals surface area (Å²) in [6.07, 6.45) is 4.68. The lowest BCUT2D eigenvalue weighted by molar-refractivity contribution is -0.0504. The zero-order valence-corrected chi connectivity index (χ0v) is 18.9. The normalized spacial score (nSPS) is 11.3. The predicted molar refractivity (Wildman–Crippen MR) is 118 cm³/mol. The van der Waals surface area contributed by atoms with Gasteiger partial charge in [0, 0.05) is 36.4 Å². The molecule has 0 atom stereocenters. The van der Waals surface area contributed by atoms with Gasteiger partial charge in [0.05, 0.1) is 12.7 Å². The highest BCUT2D eigenvalue weighted by Crippen LogP contribution is 2.25. The zero-order valence-electron chi connectivity index (χ0n) is 15.8. The topological polar surface area (TPSA) is 63.5 Å². The number of nitrogens with zero attached hydrogens (tertiary/aromatic N) is 3. The maximum atomic E-state index is 12.5. The van der Waals surface area contributed by atoms with Gasteiger partial charge in [0.15, 0.2) is 5.96 Å². The van der Waals surface area contributed by atoms with Crippen molar-refractivity contribution in [2.75, 3.05) is 13.1 Å². The number of ether oxygens (including phenoxy) is 1. The van der Waals surface area contributed by atoms with E-state index in [2.05, 4.69) is 25.5 Å². The molecule has 0 amide bonds. The smallest absolute Gasteiger partial charge is 0.387 e. The van der Waals surface area contributed by atoms with Crippen LogP contribution in [0, 0.1) is 6.92 Å². The lowest BCUT2D eigenvalue weighted by atomic mass is 10.2. The Balaban J connectivity index is 0.00000392. The van der Waals surface area contributed by atoms with Crippen LogP contribution in [0.25, 0.3) is 0 Å². The minimum absolute atomic E-state index is 0. The van der Waals surface area contributed by atoms with Gasteiger partial charge in [0.25, 0.3) is 0 Å². The summed E-state index contributed by atoms with van der Waals surface area (Å²) in [5, 5.41) is 11.0. The van der Waals surface area contributed by atoms with Crippen molar-refractivity contribution in [2.45, 2.75) is 40.0 Å². The van der Waals surface area contributed by atoms with Crippen LogP contribution in [0.1, 0.15) is 24.5 Å². The minimum atomic E-state index is -2.90. The molecule has 2 N–H and O–H groups in total. The van der Waals surface area contributed by atoms with Crippen molar-refractivity contribution in [3.8, 4) is 5.75 Å². The highest BCUT2D eigenvalue weighted by atomic mass is 127. The van der Waals surface area contributed by atoms with Crippen LogP contribution in [0.3, 0.4) is 0 Å². The lowest BCUT2D eigenvalue weighted by Crippen LogP contribution is -2.38. The predicted octanol–water partition coefficient (Wildman–Crippen LogP) is 4.21. The van der Waals surface area contributed by atoms with Gasteiger partial charge in [0.1, 0.15) is 5.75 Å². The third kappa shape index (κ3) is 8.59. The molecule has 2 aromatic rings. The number of guanidine groups is 1. The summed E-state index contributed by atoms with van der Waals surface area (Å²) in [7, 11) is 0. The Kier molecular flexibility index (Phi) is 11.1. The van der Waals surface area contributed by atoms with E-state index in [1.807, 2.05) is 30.9 Å². The molecule has 1 aromatic carbocycles. The first-order valence-electron chi connectivity index (χ1n) is 8.72. The largest absolute Gasteiger partial charge is 0.434 e. The van der Waals surface area contributed by atoms with Crippen molar-refractivity contribution in [3.63, 3.8) is 0 Å². The fourth-order valence-corrected chi connectivity index (χ4v) is 2.62. The first-order chi connectivity index (χ1) is 13.0. The van der Waals surface area contributed by atoms with Crippen LogP contribution in [0.2, 0.25) is 5.02 Å². The molecule has 0 bridgehead atoms. The number of nitrogens with one attached hydrogen (secondary N) is 2. The standard InChI is InChI=1S/C18H24ClF2N5O.HI/c1-3-22-18(23-7-4-8-26-12-13(2)10-25-26)24-11-14-9-15(19)5-6-16(14)27-17(20)21;/h5-6,9-10,12,17H,3-4,7-8,11H2,1-2H3,(H2,22,23,24);1H. The van der Waals surface area contributed by atoms with E-state index < -0.39 is 6.61 Å². The number of halogens is 4. The fraction of sp³-hybridized carbons (Fsp3) is 0.444. The van der Waals surface area contributed by atoms with Gasteiger partial charge in [-0.3, -0.25) is 4.68 Å². The van der Waals surface area contributed by atoms with Gasteiger partial charge in [0.2, 0.25) is 0 Å². The first-order valence-corrected chi connectivity index (χ1v) is 9.10. The maximum Gasteiger partial charge on any atom is 0.387 e. The Hall–Kier alpha value is -1.62. The number of alkyl halides is 2. The Bertz CT molecular complexity index is 757. The van der Waals surface area contributed by atoms with Crippen LogP contribution >= 0.6 is 35.6 Å². The van der Waals surface area contributed by atoms with Crippen molar-refractivity contribution in [1.29, 1.82) is 0 Å². The first kappa shape index (κ1) is 24.4. The molecule has 0 aliphatic carbocycles. The third-order valence-corrected chi connectivity index (χ3v) is 3.84. The molecule has 0 unspecified atom stereocenters. The van der Waals surface area contributed by atoms with Gasteiger partial charge in [-0.2, -0.15) is 13.9 Å². The molecule has 2 rings (SSSR count). The molecule has 10 heteroatoms. The summed E-state index contributed by atoms with van der Waals surface area (Å²) in [6, 6.07) is 4.51. The maximum absolute atomic E-state index is 12.5. The van der Waals surface area contributed by atoms with E-state index in [9.17, 15) is 8.78 Å². The molecule has 0 saturated heterocycles. The molecular weight excluding hydrogens is 503 g/mol. The minimum Gasteiger partial charge on any atom is -0.434 e. The number of hydrogen-bond donors (Lipinski definition) is 2. The summed E-state index contributed by atoms with van der Waals surface area (Å²) < 4.78 is 31.5. The summed E-state index contributed by atoms with van der Waals surface area (Å²) in [4.78, 5) is 4.43. The molecule has 1 heterocycles. The van der Waals surface area contributed by atoms with Crippen molar-refractivity contribution in [1.82, 2.24) is 20.4 Å². The van der Waals surface area contributed by atoms with E-state index >= 15 is 0 Å². The lowest BCUT2D eigenvalue weighted by Gasteiger charge is -2.13. The summed E-state index contributed by atoms with van der Waals surface area (Å²) in [5.41, 5.74) is 1.62. The van der Waals surface area contributed by atoms with E-state index in [4.69, 9.17) is 11.6 Å². The summed E-state index contributed by atoms with van der Waals surface area (Å²) in [6.45, 7) is 3.39. The van der Waals surface area contributed by atoms with Gasteiger partial charge in [-0.25, -0.2) is 4.99 Å². The molecular formula is C18H25ClF2IN5O. The van der Waals surface area contributed by atoms with Crippen molar-refractivity contribution in [3.05, 3.63) is 46.7 Å². The molecule has 0 aliphatic rings. The van der Waals surface area contributed by atoms with E-state index in [0.717, 1.165) is 18.5 Å². The zero-order chi connectivity index (χ0) is 19.6. The third-order valence-electron chi connectivity index (χ3n) is 3.61. The summed E-state index contributed by atoms with van der Waals surface area (Å²) in [5.74, 6) is 0.667. The van der Waals surface area contributed by atoms with Crippen LogP contribution < -0.4 is 15.4 Å². The van der Waals surface area contributed by atoms with E-state index in [1.54, 1.807) is 6.07 Å². The van der Waals surface area contributed by atoms with Crippen LogP contribution in [-0.2, 0) is 13.1 Å². The van der Waals surface area contributed by atoms with Gasteiger partial charge >= 0.3 is 6.61 Å². The van der Waals surface area contributed by atoms with Crippen molar-refractivity contribution >= 4 is 41.5 Å². The van der Waals surface area contributed by atoms with Crippen molar-refractivity contribution < 1.29 is 13.5 Å². The molecule has 0 fully saturated rings. The highest BCUT2D eigenvalue weighted by molar-refractivity contribution is 14.0. The monoisotopic (exact) mass is 527 g/mol. The quantitative estimate of drug-likeness (QED) is 0.222. The van der Waals surface area contributed by atoms with Crippen LogP contribution in [0.5, 0.6) is 5.75 Å². The van der Waals surface area contributed by atoms with Crippen molar-refractivity contribution in [2.24, 2.45) is 4.99 Å². The SMILES string of the molecule is CCNC(=NCc1cc(Cl)ccc1OC(F)F)NCCCn1cc(C)cn1.I. The molecule has 156 valence electrons. The molecule has 0 radical (unpaired) electrons. The average molecular weight is 528 g/mol. The summed E-state index contributed by atoms with van der Waals surface area (Å²) >= 11 is 5.96. The highest BCUT2D eigenvalue weighted by Gasteiger charge is 2.10. The Labute approximate surface area is 185 Å². The number of aliphatic imine (C=N–C) groups is 1. The number of benzene rings is 1. The van der Waals surface area contributed by atoms with E-state index in [0.29, 0.717) is 29.6 Å². The number of hydrogen-bond acceptors (Lipinski definition) is 3. The van der Waals surface area contributed by atoms with Gasteiger partial charge in [-0.15, -0.1) is 24.0 Å².